The molecule has 1 saturated heterocycles. The summed E-state index contributed by atoms with van der Waals surface area (Å²) in [6.45, 7) is 1.32. The van der Waals surface area contributed by atoms with Crippen molar-refractivity contribution in [3.8, 4) is 11.5 Å². The summed E-state index contributed by atoms with van der Waals surface area (Å²) in [5.41, 5.74) is 0.813. The van der Waals surface area contributed by atoms with Crippen LogP contribution in [0.25, 0.3) is 0 Å². The van der Waals surface area contributed by atoms with Crippen LogP contribution in [0, 0.1) is 5.92 Å². The summed E-state index contributed by atoms with van der Waals surface area (Å²) in [6, 6.07) is 5.71. The minimum absolute atomic E-state index is 0.0725. The molecule has 0 spiro atoms. The molecule has 1 saturated carbocycles. The number of anilines is 1. The highest BCUT2D eigenvalue weighted by molar-refractivity contribution is 5.96. The van der Waals surface area contributed by atoms with Gasteiger partial charge >= 0.3 is 6.03 Å². The third-order valence-electron chi connectivity index (χ3n) is 5.36. The van der Waals surface area contributed by atoms with Gasteiger partial charge in [0.05, 0.1) is 0 Å². The fraction of sp³-hybridized carbons (Fsp3) is 0.579. The molecule has 0 aromatic heterocycles. The quantitative estimate of drug-likeness (QED) is 0.865. The fourth-order valence-corrected chi connectivity index (χ4v) is 3.94. The highest BCUT2D eigenvalue weighted by atomic mass is 16.7. The van der Waals surface area contributed by atoms with Gasteiger partial charge < -0.3 is 25.0 Å². The van der Waals surface area contributed by atoms with Crippen molar-refractivity contribution in [3.63, 3.8) is 0 Å². The van der Waals surface area contributed by atoms with Crippen molar-refractivity contribution in [2.24, 2.45) is 5.92 Å². The lowest BCUT2D eigenvalue weighted by molar-refractivity contribution is -0.117. The van der Waals surface area contributed by atoms with Crippen molar-refractivity contribution in [3.05, 3.63) is 18.2 Å². The van der Waals surface area contributed by atoms with E-state index in [-0.39, 0.29) is 24.6 Å². The summed E-state index contributed by atoms with van der Waals surface area (Å²) in [7, 11) is 0. The zero-order chi connectivity index (χ0) is 17.9. The van der Waals surface area contributed by atoms with Gasteiger partial charge in [0, 0.05) is 43.2 Å². The summed E-state index contributed by atoms with van der Waals surface area (Å²) in [5.74, 6) is 1.56. The first-order chi connectivity index (χ1) is 12.7. The summed E-state index contributed by atoms with van der Waals surface area (Å²) >= 11 is 0. The maximum atomic E-state index is 12.4. The van der Waals surface area contributed by atoms with Crippen LogP contribution in [0.5, 0.6) is 11.5 Å². The molecule has 4 rings (SSSR count). The van der Waals surface area contributed by atoms with Crippen molar-refractivity contribution in [1.29, 1.82) is 0 Å². The number of ether oxygens (including phenoxy) is 2. The van der Waals surface area contributed by atoms with Gasteiger partial charge in [-0.2, -0.15) is 0 Å². The van der Waals surface area contributed by atoms with Crippen molar-refractivity contribution < 1.29 is 19.1 Å². The number of hydrogen-bond acceptors (Lipinski definition) is 4. The van der Waals surface area contributed by atoms with Crippen molar-refractivity contribution in [1.82, 2.24) is 10.6 Å². The van der Waals surface area contributed by atoms with Crippen LogP contribution in [-0.4, -0.2) is 37.9 Å². The Hall–Kier alpha value is -2.44. The molecular formula is C19H25N3O4. The number of carbonyl (C=O) groups excluding carboxylic acids is 2. The lowest BCUT2D eigenvalue weighted by Crippen LogP contribution is -2.44. The van der Waals surface area contributed by atoms with E-state index in [0.717, 1.165) is 18.5 Å². The number of hydrogen-bond donors (Lipinski definition) is 2. The Morgan fingerprint density at radius 3 is 2.81 bits per heavy atom. The van der Waals surface area contributed by atoms with Crippen LogP contribution in [0.3, 0.4) is 0 Å². The van der Waals surface area contributed by atoms with Crippen molar-refractivity contribution in [2.75, 3.05) is 24.8 Å². The third-order valence-corrected chi connectivity index (χ3v) is 5.36. The van der Waals surface area contributed by atoms with Crippen LogP contribution < -0.4 is 25.0 Å². The highest BCUT2D eigenvalue weighted by Gasteiger charge is 2.31. The van der Waals surface area contributed by atoms with E-state index in [1.165, 1.54) is 19.3 Å². The van der Waals surface area contributed by atoms with E-state index >= 15 is 0 Å². The van der Waals surface area contributed by atoms with E-state index in [2.05, 4.69) is 10.6 Å². The lowest BCUT2D eigenvalue weighted by Gasteiger charge is -2.23. The number of nitrogens with zero attached hydrogens (tertiary/aromatic N) is 1. The predicted molar refractivity (Wildman–Crippen MR) is 96.4 cm³/mol. The molecule has 2 N–H and O–H groups in total. The van der Waals surface area contributed by atoms with E-state index in [9.17, 15) is 9.59 Å². The number of urea groups is 1. The molecule has 2 heterocycles. The summed E-state index contributed by atoms with van der Waals surface area (Å²) in [6.07, 6.45) is 6.21. The predicted octanol–water partition coefficient (Wildman–Crippen LogP) is 2.40. The second-order valence-electron chi connectivity index (χ2n) is 7.30. The maximum Gasteiger partial charge on any atom is 0.315 e. The zero-order valence-corrected chi connectivity index (χ0v) is 14.8. The molecule has 7 nitrogen and oxygen atoms in total. The molecule has 1 aromatic rings. The first-order valence-electron chi connectivity index (χ1n) is 9.43. The number of fused-ring (bicyclic) bond motifs is 1. The number of nitrogens with one attached hydrogen (secondary N) is 2. The first kappa shape index (κ1) is 17.0. The van der Waals surface area contributed by atoms with Crippen LogP contribution in [0.1, 0.15) is 38.5 Å². The average Bonchev–Trinajstić information content (AvgIpc) is 3.26. The molecule has 2 aliphatic heterocycles. The molecule has 7 heteroatoms. The third kappa shape index (κ3) is 3.71. The largest absolute Gasteiger partial charge is 0.454 e. The van der Waals surface area contributed by atoms with Crippen molar-refractivity contribution >= 4 is 17.6 Å². The molecule has 0 unspecified atom stereocenters. The molecule has 3 aliphatic rings. The molecule has 0 radical (unpaired) electrons. The van der Waals surface area contributed by atoms with Gasteiger partial charge in [0.1, 0.15) is 0 Å². The molecule has 140 valence electrons. The van der Waals surface area contributed by atoms with Crippen molar-refractivity contribution in [2.45, 2.75) is 44.6 Å². The number of rotatable bonds is 4. The Morgan fingerprint density at radius 2 is 1.96 bits per heavy atom. The Balaban J connectivity index is 1.28. The summed E-state index contributed by atoms with van der Waals surface area (Å²) in [5, 5.41) is 5.98. The Bertz CT molecular complexity index is 687. The number of amides is 3. The molecule has 1 atom stereocenters. The van der Waals surface area contributed by atoms with Crippen LogP contribution in [0.2, 0.25) is 0 Å². The molecule has 1 aliphatic carbocycles. The molecule has 0 bridgehead atoms. The minimum Gasteiger partial charge on any atom is -0.454 e. The van der Waals surface area contributed by atoms with Gasteiger partial charge in [0.15, 0.2) is 11.5 Å². The number of carbonyl (C=O) groups is 2. The highest BCUT2D eigenvalue weighted by Crippen LogP contribution is 2.37. The second-order valence-corrected chi connectivity index (χ2v) is 7.30. The van der Waals surface area contributed by atoms with E-state index < -0.39 is 0 Å². The summed E-state index contributed by atoms with van der Waals surface area (Å²) < 4.78 is 10.7. The van der Waals surface area contributed by atoms with Crippen LogP contribution in [0.15, 0.2) is 18.2 Å². The van der Waals surface area contributed by atoms with Gasteiger partial charge in [-0.1, -0.05) is 19.3 Å². The fourth-order valence-electron chi connectivity index (χ4n) is 3.94. The minimum atomic E-state index is -0.120. The van der Waals surface area contributed by atoms with E-state index in [4.69, 9.17) is 9.47 Å². The molecule has 3 amide bonds. The van der Waals surface area contributed by atoms with E-state index in [1.54, 1.807) is 4.90 Å². The molecule has 2 fully saturated rings. The Kier molecular flexibility index (Phi) is 4.86. The molecule has 26 heavy (non-hydrogen) atoms. The average molecular weight is 359 g/mol. The number of benzene rings is 1. The van der Waals surface area contributed by atoms with Gasteiger partial charge in [0.25, 0.3) is 0 Å². The van der Waals surface area contributed by atoms with E-state index in [1.807, 2.05) is 18.2 Å². The van der Waals surface area contributed by atoms with Gasteiger partial charge in [-0.25, -0.2) is 4.79 Å². The normalized spacial score (nSPS) is 22.5. The maximum absolute atomic E-state index is 12.4. The van der Waals surface area contributed by atoms with Gasteiger partial charge in [-0.15, -0.1) is 0 Å². The lowest BCUT2D eigenvalue weighted by atomic mass is 9.96. The van der Waals surface area contributed by atoms with Gasteiger partial charge in [-0.3, -0.25) is 4.79 Å². The molecule has 1 aromatic carbocycles. The van der Waals surface area contributed by atoms with Crippen LogP contribution >= 0.6 is 0 Å². The van der Waals surface area contributed by atoms with E-state index in [0.29, 0.717) is 37.1 Å². The van der Waals surface area contributed by atoms with Crippen LogP contribution in [-0.2, 0) is 4.79 Å². The monoisotopic (exact) mass is 359 g/mol. The molecular weight excluding hydrogens is 334 g/mol. The SMILES string of the molecule is O=C(NC[C@H]1CC(=O)N(c2ccc3c(c2)OCO3)C1)NC1CCCCC1. The standard InChI is InChI=1S/C19H25N3O4/c23-18-8-13(10-20-19(24)21-14-4-2-1-3-5-14)11-22(18)15-6-7-16-17(9-15)26-12-25-16/h6-7,9,13-14H,1-5,8,10-12H2,(H2,20,21,24)/t13-/m1/s1. The van der Waals surface area contributed by atoms with Gasteiger partial charge in [0.2, 0.25) is 12.7 Å². The smallest absolute Gasteiger partial charge is 0.315 e. The first-order valence-corrected chi connectivity index (χ1v) is 9.43. The topological polar surface area (TPSA) is 79.9 Å². The Morgan fingerprint density at radius 1 is 1.15 bits per heavy atom. The Labute approximate surface area is 153 Å². The van der Waals surface area contributed by atoms with Crippen LogP contribution in [0.4, 0.5) is 10.5 Å². The zero-order valence-electron chi connectivity index (χ0n) is 14.8. The second kappa shape index (κ2) is 7.43. The van der Waals surface area contributed by atoms with Gasteiger partial charge in [-0.05, 0) is 25.0 Å². The summed E-state index contributed by atoms with van der Waals surface area (Å²) in [4.78, 5) is 26.2.